The Labute approximate surface area is 159 Å². The number of ether oxygens (including phenoxy) is 3. The Morgan fingerprint density at radius 1 is 1.11 bits per heavy atom. The van der Waals surface area contributed by atoms with Gasteiger partial charge in [0.15, 0.2) is 12.4 Å². The second-order valence-electron chi connectivity index (χ2n) is 5.49. The van der Waals surface area contributed by atoms with E-state index in [1.165, 1.54) is 18.0 Å². The summed E-state index contributed by atoms with van der Waals surface area (Å²) < 4.78 is 41.7. The third kappa shape index (κ3) is 4.71. The SMILES string of the molecule is COc1ccc(-n2nc(OCC(F)F)nc2-c2ccc(OCCO)cc2)cn1. The molecule has 0 bridgehead atoms. The van der Waals surface area contributed by atoms with E-state index in [-0.39, 0.29) is 19.2 Å². The number of hydrogen-bond acceptors (Lipinski definition) is 7. The maximum absolute atomic E-state index is 12.5. The van der Waals surface area contributed by atoms with Crippen molar-refractivity contribution in [3.8, 4) is 34.7 Å². The van der Waals surface area contributed by atoms with Gasteiger partial charge in [0, 0.05) is 11.6 Å². The van der Waals surface area contributed by atoms with Crippen LogP contribution in [0.25, 0.3) is 17.1 Å². The summed E-state index contributed by atoms with van der Waals surface area (Å²) in [5.41, 5.74) is 1.21. The van der Waals surface area contributed by atoms with Gasteiger partial charge in [-0.05, 0) is 30.3 Å². The van der Waals surface area contributed by atoms with Gasteiger partial charge in [-0.15, -0.1) is 5.10 Å². The minimum atomic E-state index is -2.64. The summed E-state index contributed by atoms with van der Waals surface area (Å²) in [6.07, 6.45) is -1.12. The average Bonchev–Trinajstić information content (AvgIpc) is 3.15. The highest BCUT2D eigenvalue weighted by molar-refractivity contribution is 5.59. The number of aliphatic hydroxyl groups is 1. The highest BCUT2D eigenvalue weighted by Gasteiger charge is 2.16. The molecule has 0 aliphatic rings. The molecule has 0 spiro atoms. The summed E-state index contributed by atoms with van der Waals surface area (Å²) in [6, 6.07) is 10.1. The van der Waals surface area contributed by atoms with E-state index in [1.807, 2.05) is 0 Å². The summed E-state index contributed by atoms with van der Waals surface area (Å²) in [6.45, 7) is -0.720. The molecule has 8 nitrogen and oxygen atoms in total. The van der Waals surface area contributed by atoms with Gasteiger partial charge in [-0.2, -0.15) is 4.98 Å². The fourth-order valence-electron chi connectivity index (χ4n) is 2.34. The molecule has 1 N–H and O–H groups in total. The van der Waals surface area contributed by atoms with Gasteiger partial charge in [-0.1, -0.05) is 0 Å². The number of pyridine rings is 1. The second kappa shape index (κ2) is 9.09. The zero-order valence-corrected chi connectivity index (χ0v) is 15.0. The zero-order chi connectivity index (χ0) is 19.9. The molecule has 3 aromatic rings. The molecule has 0 saturated carbocycles. The molecule has 0 amide bonds. The van der Waals surface area contributed by atoms with Crippen molar-refractivity contribution >= 4 is 0 Å². The number of nitrogens with zero attached hydrogens (tertiary/aromatic N) is 4. The van der Waals surface area contributed by atoms with E-state index in [1.54, 1.807) is 36.4 Å². The highest BCUT2D eigenvalue weighted by Crippen LogP contribution is 2.26. The lowest BCUT2D eigenvalue weighted by Gasteiger charge is -2.07. The molecule has 0 unspecified atom stereocenters. The van der Waals surface area contributed by atoms with Gasteiger partial charge in [-0.25, -0.2) is 18.4 Å². The van der Waals surface area contributed by atoms with Gasteiger partial charge in [0.25, 0.3) is 6.43 Å². The Morgan fingerprint density at radius 2 is 1.89 bits per heavy atom. The number of halogens is 2. The first kappa shape index (κ1) is 19.5. The Morgan fingerprint density at radius 3 is 2.50 bits per heavy atom. The monoisotopic (exact) mass is 392 g/mol. The second-order valence-corrected chi connectivity index (χ2v) is 5.49. The third-order valence-electron chi connectivity index (χ3n) is 3.57. The first-order valence-corrected chi connectivity index (χ1v) is 8.33. The molecular formula is C18H18F2N4O4. The van der Waals surface area contributed by atoms with E-state index in [4.69, 9.17) is 19.3 Å². The highest BCUT2D eigenvalue weighted by atomic mass is 19.3. The topological polar surface area (TPSA) is 91.5 Å². The predicted molar refractivity (Wildman–Crippen MR) is 95.2 cm³/mol. The van der Waals surface area contributed by atoms with Gasteiger partial charge in [0.1, 0.15) is 12.4 Å². The summed E-state index contributed by atoms with van der Waals surface area (Å²) >= 11 is 0. The Hall–Kier alpha value is -3.27. The fraction of sp³-hybridized carbons (Fsp3) is 0.278. The van der Waals surface area contributed by atoms with Crippen LogP contribution in [0.1, 0.15) is 0 Å². The lowest BCUT2D eigenvalue weighted by atomic mass is 10.2. The normalized spacial score (nSPS) is 10.9. The van der Waals surface area contributed by atoms with Crippen LogP contribution in [0.4, 0.5) is 8.78 Å². The van der Waals surface area contributed by atoms with Crippen LogP contribution in [-0.4, -0.2) is 58.2 Å². The Balaban J connectivity index is 1.94. The average molecular weight is 392 g/mol. The Bertz CT molecular complexity index is 886. The molecular weight excluding hydrogens is 374 g/mol. The third-order valence-corrected chi connectivity index (χ3v) is 3.57. The van der Waals surface area contributed by atoms with E-state index in [9.17, 15) is 8.78 Å². The minimum absolute atomic E-state index is 0.0919. The van der Waals surface area contributed by atoms with Gasteiger partial charge in [0.2, 0.25) is 5.88 Å². The molecule has 148 valence electrons. The predicted octanol–water partition coefficient (Wildman–Crippen LogP) is 2.35. The molecule has 2 heterocycles. The van der Waals surface area contributed by atoms with E-state index < -0.39 is 13.0 Å². The van der Waals surface area contributed by atoms with Gasteiger partial charge in [-0.3, -0.25) is 0 Å². The van der Waals surface area contributed by atoms with Gasteiger partial charge in [0.05, 0.1) is 25.6 Å². The number of alkyl halides is 2. The molecule has 1 aromatic carbocycles. The minimum Gasteiger partial charge on any atom is -0.491 e. The smallest absolute Gasteiger partial charge is 0.336 e. The number of aliphatic hydroxyl groups excluding tert-OH is 1. The molecule has 0 atom stereocenters. The van der Waals surface area contributed by atoms with Crippen LogP contribution in [-0.2, 0) is 0 Å². The summed E-state index contributed by atoms with van der Waals surface area (Å²) in [5.74, 6) is 1.37. The molecule has 0 radical (unpaired) electrons. The van der Waals surface area contributed by atoms with Crippen LogP contribution in [0.3, 0.4) is 0 Å². The number of methoxy groups -OCH3 is 1. The van der Waals surface area contributed by atoms with Crippen LogP contribution in [0.2, 0.25) is 0 Å². The molecule has 0 aliphatic heterocycles. The van der Waals surface area contributed by atoms with Crippen LogP contribution in [0, 0.1) is 0 Å². The molecule has 0 saturated heterocycles. The molecule has 0 aliphatic carbocycles. The first-order chi connectivity index (χ1) is 13.6. The van der Waals surface area contributed by atoms with Crippen molar-refractivity contribution in [1.82, 2.24) is 19.7 Å². The van der Waals surface area contributed by atoms with Crippen molar-refractivity contribution in [1.29, 1.82) is 0 Å². The quantitative estimate of drug-likeness (QED) is 0.598. The van der Waals surface area contributed by atoms with Crippen LogP contribution < -0.4 is 14.2 Å². The number of aromatic nitrogens is 4. The van der Waals surface area contributed by atoms with Crippen molar-refractivity contribution in [2.24, 2.45) is 0 Å². The van der Waals surface area contributed by atoms with Crippen molar-refractivity contribution in [3.05, 3.63) is 42.6 Å². The lowest BCUT2D eigenvalue weighted by Crippen LogP contribution is -2.08. The molecule has 2 aromatic heterocycles. The van der Waals surface area contributed by atoms with Crippen LogP contribution in [0.5, 0.6) is 17.6 Å². The van der Waals surface area contributed by atoms with Gasteiger partial charge >= 0.3 is 6.01 Å². The van der Waals surface area contributed by atoms with E-state index in [0.717, 1.165) is 0 Å². The fourth-order valence-corrected chi connectivity index (χ4v) is 2.34. The van der Waals surface area contributed by atoms with Crippen molar-refractivity contribution < 1.29 is 28.1 Å². The maximum Gasteiger partial charge on any atom is 0.336 e. The van der Waals surface area contributed by atoms with Crippen molar-refractivity contribution in [2.45, 2.75) is 6.43 Å². The van der Waals surface area contributed by atoms with Crippen LogP contribution >= 0.6 is 0 Å². The standard InChI is InChI=1S/C18H18F2N4O4/c1-26-16-7-4-13(10-21-16)24-17(22-18(23-24)28-11-15(19)20)12-2-5-14(6-3-12)27-9-8-25/h2-7,10,15,25H,8-9,11H2,1H3. The first-order valence-electron chi connectivity index (χ1n) is 8.33. The molecule has 3 rings (SSSR count). The van der Waals surface area contributed by atoms with Gasteiger partial charge < -0.3 is 19.3 Å². The van der Waals surface area contributed by atoms with E-state index in [0.29, 0.717) is 28.7 Å². The summed E-state index contributed by atoms with van der Waals surface area (Å²) in [7, 11) is 1.50. The summed E-state index contributed by atoms with van der Waals surface area (Å²) in [4.78, 5) is 8.34. The zero-order valence-electron chi connectivity index (χ0n) is 15.0. The lowest BCUT2D eigenvalue weighted by molar-refractivity contribution is 0.0771. The molecule has 10 heteroatoms. The van der Waals surface area contributed by atoms with Crippen molar-refractivity contribution in [3.63, 3.8) is 0 Å². The van der Waals surface area contributed by atoms with Crippen molar-refractivity contribution in [2.75, 3.05) is 26.9 Å². The Kier molecular flexibility index (Phi) is 6.33. The number of rotatable bonds is 9. The molecule has 0 fully saturated rings. The maximum atomic E-state index is 12.5. The largest absolute Gasteiger partial charge is 0.491 e. The number of benzene rings is 1. The summed E-state index contributed by atoms with van der Waals surface area (Å²) in [5, 5.41) is 13.0. The van der Waals surface area contributed by atoms with E-state index >= 15 is 0 Å². The molecule has 28 heavy (non-hydrogen) atoms. The van der Waals surface area contributed by atoms with Crippen LogP contribution in [0.15, 0.2) is 42.6 Å². The number of hydrogen-bond donors (Lipinski definition) is 1. The van der Waals surface area contributed by atoms with E-state index in [2.05, 4.69) is 15.1 Å².